The molecule has 0 saturated carbocycles. The molecule has 1 aliphatic rings. The zero-order valence-corrected chi connectivity index (χ0v) is 16.3. The van der Waals surface area contributed by atoms with Crippen LogP contribution in [0.3, 0.4) is 0 Å². The van der Waals surface area contributed by atoms with Gasteiger partial charge in [-0.1, -0.05) is 29.3 Å². The maximum absolute atomic E-state index is 13.0. The van der Waals surface area contributed by atoms with Crippen LogP contribution in [0.1, 0.15) is 30.0 Å². The number of hydrogen-bond acceptors (Lipinski definition) is 4. The Kier molecular flexibility index (Phi) is 5.27. The fourth-order valence-corrected chi connectivity index (χ4v) is 3.73. The number of amides is 1. The van der Waals surface area contributed by atoms with Crippen LogP contribution in [0.25, 0.3) is 0 Å². The number of fused-ring (bicyclic) bond motifs is 1. The van der Waals surface area contributed by atoms with Gasteiger partial charge in [0, 0.05) is 17.0 Å². The van der Waals surface area contributed by atoms with Crippen LogP contribution in [-0.2, 0) is 15.2 Å². The Morgan fingerprint density at radius 3 is 2.52 bits per heavy atom. The molecule has 142 valence electrons. The highest BCUT2D eigenvalue weighted by molar-refractivity contribution is 6.30. The van der Waals surface area contributed by atoms with Gasteiger partial charge in [0.2, 0.25) is 0 Å². The lowest BCUT2D eigenvalue weighted by Gasteiger charge is -2.22. The maximum atomic E-state index is 13.0. The molecule has 0 spiro atoms. The summed E-state index contributed by atoms with van der Waals surface area (Å²) in [6.07, 6.45) is -0.240. The number of anilines is 1. The van der Waals surface area contributed by atoms with E-state index in [0.29, 0.717) is 22.0 Å². The van der Waals surface area contributed by atoms with Crippen LogP contribution in [0.15, 0.2) is 36.4 Å². The first kappa shape index (κ1) is 19.4. The number of hydrogen-bond donors (Lipinski definition) is 1. The van der Waals surface area contributed by atoms with Gasteiger partial charge in [0.05, 0.1) is 12.2 Å². The summed E-state index contributed by atoms with van der Waals surface area (Å²) in [5.41, 5.74) is 1.14. The highest BCUT2D eigenvalue weighted by atomic mass is 35.5. The van der Waals surface area contributed by atoms with Gasteiger partial charge in [-0.3, -0.25) is 9.59 Å². The zero-order valence-electron chi connectivity index (χ0n) is 15.6. The van der Waals surface area contributed by atoms with E-state index in [9.17, 15) is 14.7 Å². The quantitative estimate of drug-likeness (QED) is 0.823. The normalized spacial score (nSPS) is 18.6. The molecule has 1 aliphatic heterocycles. The summed E-state index contributed by atoms with van der Waals surface area (Å²) in [7, 11) is 0. The van der Waals surface area contributed by atoms with Gasteiger partial charge in [-0.15, -0.1) is 0 Å². The SMILES string of the molecule is CC(=O)C[C@@]1(O)C(=O)N(CCOc2ccc(Cl)cc2)c2c(C)cc(C)cc21. The first-order valence-corrected chi connectivity index (χ1v) is 9.14. The van der Waals surface area contributed by atoms with Crippen molar-refractivity contribution in [2.24, 2.45) is 0 Å². The van der Waals surface area contributed by atoms with E-state index in [1.54, 1.807) is 30.3 Å². The van der Waals surface area contributed by atoms with Gasteiger partial charge in [0.1, 0.15) is 18.1 Å². The van der Waals surface area contributed by atoms with Crippen molar-refractivity contribution < 1.29 is 19.4 Å². The Balaban J connectivity index is 1.86. The van der Waals surface area contributed by atoms with Crippen molar-refractivity contribution in [1.29, 1.82) is 0 Å². The Hall–Kier alpha value is -2.37. The molecule has 0 saturated heterocycles. The molecule has 0 unspecified atom stereocenters. The summed E-state index contributed by atoms with van der Waals surface area (Å²) in [5.74, 6) is -0.0813. The molecule has 0 radical (unpaired) electrons. The third-order valence-corrected chi connectivity index (χ3v) is 4.91. The third kappa shape index (κ3) is 3.70. The van der Waals surface area contributed by atoms with E-state index < -0.39 is 11.5 Å². The van der Waals surface area contributed by atoms with Crippen LogP contribution in [0.4, 0.5) is 5.69 Å². The molecule has 0 aromatic heterocycles. The van der Waals surface area contributed by atoms with Crippen LogP contribution < -0.4 is 9.64 Å². The number of nitrogens with zero attached hydrogens (tertiary/aromatic N) is 1. The number of carbonyl (C=O) groups is 2. The molecule has 0 bridgehead atoms. The predicted molar refractivity (Wildman–Crippen MR) is 104 cm³/mol. The van der Waals surface area contributed by atoms with Crippen molar-refractivity contribution in [2.75, 3.05) is 18.1 Å². The molecule has 6 heteroatoms. The number of rotatable bonds is 6. The van der Waals surface area contributed by atoms with Crippen molar-refractivity contribution in [2.45, 2.75) is 32.8 Å². The highest BCUT2D eigenvalue weighted by Gasteiger charge is 2.50. The molecule has 1 N–H and O–H groups in total. The number of ketones is 1. The van der Waals surface area contributed by atoms with Gasteiger partial charge < -0.3 is 14.7 Å². The minimum absolute atomic E-state index is 0.240. The zero-order chi connectivity index (χ0) is 19.8. The van der Waals surface area contributed by atoms with Crippen molar-refractivity contribution in [3.05, 3.63) is 58.1 Å². The number of benzene rings is 2. The molecule has 2 aromatic rings. The predicted octanol–water partition coefficient (Wildman–Crippen LogP) is 3.55. The molecular formula is C21H22ClNO4. The van der Waals surface area contributed by atoms with Crippen LogP contribution in [-0.4, -0.2) is 29.9 Å². The molecular weight excluding hydrogens is 366 g/mol. The fraction of sp³-hybridized carbons (Fsp3) is 0.333. The van der Waals surface area contributed by atoms with Gasteiger partial charge >= 0.3 is 0 Å². The summed E-state index contributed by atoms with van der Waals surface area (Å²) in [4.78, 5) is 26.2. The van der Waals surface area contributed by atoms with E-state index in [4.69, 9.17) is 16.3 Å². The molecule has 1 amide bonds. The number of ether oxygens (including phenoxy) is 1. The monoisotopic (exact) mass is 387 g/mol. The second kappa shape index (κ2) is 7.33. The van der Waals surface area contributed by atoms with Gasteiger partial charge in [-0.2, -0.15) is 0 Å². The second-order valence-corrected chi connectivity index (χ2v) is 7.41. The Morgan fingerprint density at radius 2 is 1.89 bits per heavy atom. The lowest BCUT2D eigenvalue weighted by molar-refractivity contribution is -0.141. The van der Waals surface area contributed by atoms with Crippen molar-refractivity contribution in [1.82, 2.24) is 0 Å². The Bertz CT molecular complexity index is 894. The van der Waals surface area contributed by atoms with E-state index in [0.717, 1.165) is 11.1 Å². The topological polar surface area (TPSA) is 66.8 Å². The number of aryl methyl sites for hydroxylation is 2. The summed E-state index contributed by atoms with van der Waals surface area (Å²) < 4.78 is 5.70. The first-order chi connectivity index (χ1) is 12.7. The maximum Gasteiger partial charge on any atom is 0.264 e. The molecule has 3 rings (SSSR count). The third-order valence-electron chi connectivity index (χ3n) is 4.66. The molecule has 0 fully saturated rings. The second-order valence-electron chi connectivity index (χ2n) is 6.98. The standard InChI is InChI=1S/C21H22ClNO4/c1-13-10-14(2)19-18(11-13)21(26,12-15(3)24)20(25)23(19)8-9-27-17-6-4-16(22)5-7-17/h4-7,10-11,26H,8-9,12H2,1-3H3/t21-/m0/s1. The number of carbonyl (C=O) groups excluding carboxylic acids is 2. The van der Waals surface area contributed by atoms with Gasteiger partial charge in [-0.25, -0.2) is 0 Å². The van der Waals surface area contributed by atoms with Gasteiger partial charge in [-0.05, 0) is 50.6 Å². The van der Waals surface area contributed by atoms with Crippen LogP contribution in [0.5, 0.6) is 5.75 Å². The number of halogens is 1. The van der Waals surface area contributed by atoms with Crippen LogP contribution >= 0.6 is 11.6 Å². The Labute approximate surface area is 163 Å². The van der Waals surface area contributed by atoms with Crippen molar-refractivity contribution in [3.8, 4) is 5.75 Å². The average molecular weight is 388 g/mol. The van der Waals surface area contributed by atoms with Gasteiger partial charge in [0.25, 0.3) is 5.91 Å². The first-order valence-electron chi connectivity index (χ1n) is 8.76. The molecule has 27 heavy (non-hydrogen) atoms. The van der Waals surface area contributed by atoms with Crippen LogP contribution in [0.2, 0.25) is 5.02 Å². The minimum Gasteiger partial charge on any atom is -0.492 e. The smallest absolute Gasteiger partial charge is 0.264 e. The number of Topliss-reactive ketones (excluding diaryl/α,β-unsaturated/α-hetero) is 1. The van der Waals surface area contributed by atoms with Gasteiger partial charge in [0.15, 0.2) is 5.60 Å². The number of aliphatic hydroxyl groups is 1. The van der Waals surface area contributed by atoms with E-state index in [1.165, 1.54) is 11.8 Å². The summed E-state index contributed by atoms with van der Waals surface area (Å²) in [6.45, 7) is 5.68. The van der Waals surface area contributed by atoms with E-state index in [-0.39, 0.29) is 25.4 Å². The van der Waals surface area contributed by atoms with E-state index >= 15 is 0 Å². The van der Waals surface area contributed by atoms with Crippen molar-refractivity contribution >= 4 is 29.0 Å². The molecule has 5 nitrogen and oxygen atoms in total. The molecule has 1 atom stereocenters. The largest absolute Gasteiger partial charge is 0.492 e. The molecule has 0 aliphatic carbocycles. The fourth-order valence-electron chi connectivity index (χ4n) is 3.60. The molecule has 1 heterocycles. The summed E-state index contributed by atoms with van der Waals surface area (Å²) in [6, 6.07) is 10.7. The highest BCUT2D eigenvalue weighted by Crippen LogP contribution is 2.44. The molecule has 2 aromatic carbocycles. The van der Waals surface area contributed by atoms with E-state index in [2.05, 4.69) is 0 Å². The van der Waals surface area contributed by atoms with Crippen molar-refractivity contribution in [3.63, 3.8) is 0 Å². The summed E-state index contributed by atoms with van der Waals surface area (Å²) >= 11 is 5.86. The van der Waals surface area contributed by atoms with E-state index in [1.807, 2.05) is 19.9 Å². The summed E-state index contributed by atoms with van der Waals surface area (Å²) in [5, 5.41) is 11.7. The minimum atomic E-state index is -1.82. The average Bonchev–Trinajstić information content (AvgIpc) is 2.78. The van der Waals surface area contributed by atoms with Crippen LogP contribution in [0, 0.1) is 13.8 Å². The Morgan fingerprint density at radius 1 is 1.22 bits per heavy atom. The lowest BCUT2D eigenvalue weighted by Crippen LogP contribution is -2.43. The lowest BCUT2D eigenvalue weighted by atomic mass is 9.88.